The van der Waals surface area contributed by atoms with Crippen LogP contribution in [-0.4, -0.2) is 24.0 Å². The van der Waals surface area contributed by atoms with Crippen LogP contribution in [0.1, 0.15) is 105 Å². The van der Waals surface area contributed by atoms with Crippen molar-refractivity contribution >= 4 is 18.3 Å². The van der Waals surface area contributed by atoms with Crippen LogP contribution in [0.2, 0.25) is 0 Å². The van der Waals surface area contributed by atoms with Crippen molar-refractivity contribution in [3.8, 4) is 0 Å². The van der Waals surface area contributed by atoms with Crippen LogP contribution >= 0.6 is 12.4 Å². The number of nitrogens with two attached hydrogens (primary N) is 1. The van der Waals surface area contributed by atoms with Crippen LogP contribution in [0.15, 0.2) is 11.1 Å². The molecule has 0 aromatic rings. The van der Waals surface area contributed by atoms with E-state index in [0.29, 0.717) is 0 Å². The first kappa shape index (κ1) is 26.7. The van der Waals surface area contributed by atoms with Crippen molar-refractivity contribution in [2.75, 3.05) is 7.05 Å². The first-order chi connectivity index (χ1) is 11.5. The van der Waals surface area contributed by atoms with Crippen LogP contribution in [0.25, 0.3) is 0 Å². The zero-order chi connectivity index (χ0) is 18.4. The number of hydrogen-bond acceptors (Lipinski definition) is 2. The van der Waals surface area contributed by atoms with Crippen LogP contribution in [-0.2, 0) is 4.79 Å². The van der Waals surface area contributed by atoms with E-state index in [2.05, 4.69) is 13.8 Å². The van der Waals surface area contributed by atoms with Crippen molar-refractivity contribution in [2.24, 2.45) is 5.73 Å². The fourth-order valence-corrected chi connectivity index (χ4v) is 2.94. The van der Waals surface area contributed by atoms with Gasteiger partial charge in [0.15, 0.2) is 0 Å². The normalized spacial score (nSPS) is 13.0. The molecule has 0 fully saturated rings. The van der Waals surface area contributed by atoms with Gasteiger partial charge < -0.3 is 10.6 Å². The monoisotopic (exact) mass is 374 g/mol. The molecule has 0 heterocycles. The summed E-state index contributed by atoms with van der Waals surface area (Å²) < 4.78 is 0. The highest BCUT2D eigenvalue weighted by atomic mass is 35.5. The first-order valence-corrected chi connectivity index (χ1v) is 10.1. The minimum Gasteiger partial charge on any atom is -0.327 e. The Morgan fingerprint density at radius 2 is 1.32 bits per heavy atom. The Labute approximate surface area is 163 Å². The Hall–Kier alpha value is -0.540. The summed E-state index contributed by atoms with van der Waals surface area (Å²) in [6.07, 6.45) is 15.1. The average molecular weight is 375 g/mol. The van der Waals surface area contributed by atoms with Gasteiger partial charge in [0, 0.05) is 12.6 Å². The van der Waals surface area contributed by atoms with E-state index in [1.807, 2.05) is 13.8 Å². The summed E-state index contributed by atoms with van der Waals surface area (Å²) in [5, 5.41) is 0. The van der Waals surface area contributed by atoms with Gasteiger partial charge in [-0.15, -0.1) is 12.4 Å². The number of carbonyl (C=O) groups is 1. The predicted molar refractivity (Wildman–Crippen MR) is 113 cm³/mol. The topological polar surface area (TPSA) is 46.3 Å². The summed E-state index contributed by atoms with van der Waals surface area (Å²) >= 11 is 0. The number of hydrogen-bond donors (Lipinski definition) is 1. The second kappa shape index (κ2) is 16.9. The molecule has 2 N–H and O–H groups in total. The van der Waals surface area contributed by atoms with Crippen LogP contribution < -0.4 is 5.73 Å². The average Bonchev–Trinajstić information content (AvgIpc) is 2.60. The number of rotatable bonds is 14. The lowest BCUT2D eigenvalue weighted by molar-refractivity contribution is -0.127. The maximum atomic E-state index is 12.4. The fourth-order valence-electron chi connectivity index (χ4n) is 2.94. The summed E-state index contributed by atoms with van der Waals surface area (Å²) in [5.74, 6) is 0.0777. The molecule has 0 aromatic heterocycles. The third kappa shape index (κ3) is 12.4. The Bertz CT molecular complexity index is 369. The molecule has 0 rings (SSSR count). The summed E-state index contributed by atoms with van der Waals surface area (Å²) in [4.78, 5) is 14.0. The smallest absolute Gasteiger partial charge is 0.250 e. The van der Waals surface area contributed by atoms with E-state index in [1.54, 1.807) is 11.9 Å². The van der Waals surface area contributed by atoms with Crippen molar-refractivity contribution in [1.29, 1.82) is 0 Å². The third-order valence-electron chi connectivity index (χ3n) is 5.10. The maximum absolute atomic E-state index is 12.4. The molecule has 0 aliphatic rings. The van der Waals surface area contributed by atoms with Gasteiger partial charge in [-0.1, -0.05) is 77.2 Å². The quantitative estimate of drug-likeness (QED) is 0.223. The van der Waals surface area contributed by atoms with Crippen molar-refractivity contribution in [3.05, 3.63) is 11.1 Å². The zero-order valence-corrected chi connectivity index (χ0v) is 18.2. The van der Waals surface area contributed by atoms with Gasteiger partial charge in [-0.25, -0.2) is 0 Å². The first-order valence-electron chi connectivity index (χ1n) is 10.1. The van der Waals surface area contributed by atoms with E-state index in [1.165, 1.54) is 69.8 Å². The lowest BCUT2D eigenvalue weighted by Gasteiger charge is -2.24. The predicted octanol–water partition coefficient (Wildman–Crippen LogP) is 6.21. The molecule has 0 spiro atoms. The molecule has 0 radical (unpaired) electrons. The van der Waals surface area contributed by atoms with Gasteiger partial charge >= 0.3 is 0 Å². The molecule has 0 saturated carbocycles. The van der Waals surface area contributed by atoms with Gasteiger partial charge in [0.2, 0.25) is 5.91 Å². The highest BCUT2D eigenvalue weighted by molar-refractivity contribution is 5.93. The molecule has 0 bridgehead atoms. The lowest BCUT2D eigenvalue weighted by Crippen LogP contribution is -2.43. The molecule has 1 unspecified atom stereocenters. The van der Waals surface area contributed by atoms with Crippen molar-refractivity contribution in [2.45, 2.75) is 111 Å². The van der Waals surface area contributed by atoms with Crippen LogP contribution in [0.5, 0.6) is 0 Å². The maximum Gasteiger partial charge on any atom is 0.250 e. The molecule has 1 atom stereocenters. The third-order valence-corrected chi connectivity index (χ3v) is 5.10. The Morgan fingerprint density at radius 1 is 0.880 bits per heavy atom. The largest absolute Gasteiger partial charge is 0.327 e. The molecule has 1 amide bonds. The molecule has 0 aromatic carbocycles. The molecule has 0 aliphatic carbocycles. The number of carbonyl (C=O) groups excluding carboxylic acids is 1. The number of unbranched alkanes of at least 4 members (excludes halogenated alkanes) is 9. The highest BCUT2D eigenvalue weighted by Gasteiger charge is 2.17. The van der Waals surface area contributed by atoms with Crippen molar-refractivity contribution in [1.82, 2.24) is 4.90 Å². The minimum absolute atomic E-state index is 0. The van der Waals surface area contributed by atoms with E-state index >= 15 is 0 Å². The van der Waals surface area contributed by atoms with Crippen LogP contribution in [0.4, 0.5) is 0 Å². The van der Waals surface area contributed by atoms with E-state index in [-0.39, 0.29) is 24.5 Å². The van der Waals surface area contributed by atoms with Crippen LogP contribution in [0.3, 0.4) is 0 Å². The molecule has 0 saturated heterocycles. The lowest BCUT2D eigenvalue weighted by atomic mass is 10.0. The zero-order valence-electron chi connectivity index (χ0n) is 17.4. The number of amides is 1. The molecular weight excluding hydrogens is 332 g/mol. The summed E-state index contributed by atoms with van der Waals surface area (Å²) in [5.41, 5.74) is 8.03. The molecule has 4 heteroatoms. The minimum atomic E-state index is -0.183. The Kier molecular flexibility index (Phi) is 18.0. The van der Waals surface area contributed by atoms with Gasteiger partial charge in [0.05, 0.1) is 6.17 Å². The van der Waals surface area contributed by atoms with E-state index in [0.717, 1.165) is 18.4 Å². The summed E-state index contributed by atoms with van der Waals surface area (Å²) in [6, 6.07) is 0. The fraction of sp³-hybridized carbons (Fsp3) is 0.857. The Morgan fingerprint density at radius 3 is 1.76 bits per heavy atom. The van der Waals surface area contributed by atoms with Gasteiger partial charge in [-0.3, -0.25) is 4.79 Å². The molecule has 3 nitrogen and oxygen atoms in total. The van der Waals surface area contributed by atoms with Gasteiger partial charge in [0.25, 0.3) is 0 Å². The number of likely N-dealkylation sites (N-methyl/N-ethyl adjacent to an activating group) is 1. The van der Waals surface area contributed by atoms with Crippen molar-refractivity contribution in [3.63, 3.8) is 0 Å². The highest BCUT2D eigenvalue weighted by Crippen LogP contribution is 2.17. The summed E-state index contributed by atoms with van der Waals surface area (Å²) in [6.45, 7) is 8.30. The second-order valence-electron chi connectivity index (χ2n) is 7.23. The standard InChI is InChI=1S/C21H42N2O.ClH/c1-6-8-9-10-11-12-13-14-15-16-17-18(3)19(4)21(24)23(5)20(22)7-2;/h20H,6-17,22H2,1-5H3;1H. The van der Waals surface area contributed by atoms with Gasteiger partial charge in [-0.05, 0) is 33.1 Å². The molecular formula is C21H43ClN2O. The number of halogens is 1. The summed E-state index contributed by atoms with van der Waals surface area (Å²) in [7, 11) is 1.80. The van der Waals surface area contributed by atoms with Crippen molar-refractivity contribution < 1.29 is 4.79 Å². The van der Waals surface area contributed by atoms with E-state index in [9.17, 15) is 4.79 Å². The number of allylic oxidation sites excluding steroid dienone is 1. The van der Waals surface area contributed by atoms with Gasteiger partial charge in [0.1, 0.15) is 0 Å². The SMILES string of the molecule is CCCCCCCCCCCCC(C)=C(C)C(=O)N(C)C(N)CC.Cl. The van der Waals surface area contributed by atoms with Gasteiger partial charge in [-0.2, -0.15) is 0 Å². The Balaban J connectivity index is 0. The molecule has 25 heavy (non-hydrogen) atoms. The molecule has 150 valence electrons. The van der Waals surface area contributed by atoms with E-state index in [4.69, 9.17) is 5.73 Å². The second-order valence-corrected chi connectivity index (χ2v) is 7.23. The molecule has 0 aliphatic heterocycles. The number of nitrogens with zero attached hydrogens (tertiary/aromatic N) is 1. The van der Waals surface area contributed by atoms with Crippen LogP contribution in [0, 0.1) is 0 Å². The van der Waals surface area contributed by atoms with E-state index < -0.39 is 0 Å².